The van der Waals surface area contributed by atoms with Crippen molar-refractivity contribution in [3.63, 3.8) is 0 Å². The Bertz CT molecular complexity index is 1410. The molecule has 4 nitrogen and oxygen atoms in total. The van der Waals surface area contributed by atoms with Gasteiger partial charge in [-0.1, -0.05) is 91.0 Å². The molecule has 0 N–H and O–H groups in total. The predicted molar refractivity (Wildman–Crippen MR) is 129 cm³/mol. The van der Waals surface area contributed by atoms with Crippen LogP contribution in [0.25, 0.3) is 22.3 Å². The second kappa shape index (κ2) is 9.45. The smallest absolute Gasteiger partial charge is 0.205 e. The minimum Gasteiger partial charge on any atom is -0.485 e. The lowest BCUT2D eigenvalue weighted by molar-refractivity contribution is 0.256. The van der Waals surface area contributed by atoms with E-state index >= 15 is 0 Å². The molecule has 5 aromatic rings. The van der Waals surface area contributed by atoms with Crippen LogP contribution in [0.4, 0.5) is 0 Å². The van der Waals surface area contributed by atoms with Crippen LogP contribution in [-0.4, -0.2) is 0 Å². The molecule has 162 valence electrons. The molecule has 33 heavy (non-hydrogen) atoms. The highest BCUT2D eigenvalue weighted by atomic mass is 16.5. The predicted octanol–water partition coefficient (Wildman–Crippen LogP) is 6.62. The zero-order valence-corrected chi connectivity index (χ0v) is 17.9. The first-order chi connectivity index (χ1) is 16.3. The Morgan fingerprint density at radius 1 is 0.636 bits per heavy atom. The van der Waals surface area contributed by atoms with Gasteiger partial charge in [0.2, 0.25) is 5.75 Å². The van der Waals surface area contributed by atoms with Crippen LogP contribution in [0.3, 0.4) is 0 Å². The summed E-state index contributed by atoms with van der Waals surface area (Å²) in [5, 5.41) is 0.449. The second-order valence-corrected chi connectivity index (χ2v) is 7.66. The van der Waals surface area contributed by atoms with Crippen LogP contribution in [0, 0.1) is 0 Å². The number of hydrogen-bond acceptors (Lipinski definition) is 4. The quantitative estimate of drug-likeness (QED) is 0.289. The number of benzene rings is 4. The van der Waals surface area contributed by atoms with Gasteiger partial charge in [-0.2, -0.15) is 0 Å². The van der Waals surface area contributed by atoms with Gasteiger partial charge in [0.15, 0.2) is 16.8 Å². The van der Waals surface area contributed by atoms with Crippen LogP contribution in [-0.2, 0) is 13.2 Å². The van der Waals surface area contributed by atoms with Gasteiger partial charge in [0.05, 0.1) is 5.39 Å². The highest BCUT2D eigenvalue weighted by Gasteiger charge is 2.17. The molecular weight excluding hydrogens is 412 g/mol. The molecule has 0 spiro atoms. The van der Waals surface area contributed by atoms with Gasteiger partial charge in [0.1, 0.15) is 19.0 Å². The van der Waals surface area contributed by atoms with Crippen molar-refractivity contribution in [3.8, 4) is 22.8 Å². The Morgan fingerprint density at radius 3 is 1.85 bits per heavy atom. The van der Waals surface area contributed by atoms with E-state index in [2.05, 4.69) is 0 Å². The molecular formula is C29H22O4. The average molecular weight is 434 g/mol. The summed E-state index contributed by atoms with van der Waals surface area (Å²) in [6, 6.07) is 34.3. The van der Waals surface area contributed by atoms with Crippen molar-refractivity contribution in [1.82, 2.24) is 0 Å². The van der Waals surface area contributed by atoms with E-state index in [0.717, 1.165) is 16.7 Å². The molecule has 0 amide bonds. The fraction of sp³-hybridized carbons (Fsp3) is 0.0690. The molecule has 5 rings (SSSR count). The van der Waals surface area contributed by atoms with Crippen molar-refractivity contribution in [2.24, 2.45) is 0 Å². The van der Waals surface area contributed by atoms with E-state index in [1.807, 2.05) is 91.0 Å². The molecule has 0 aliphatic heterocycles. The van der Waals surface area contributed by atoms with E-state index in [-0.39, 0.29) is 5.43 Å². The molecule has 1 heterocycles. The summed E-state index contributed by atoms with van der Waals surface area (Å²) in [6.07, 6.45) is 0. The summed E-state index contributed by atoms with van der Waals surface area (Å²) in [4.78, 5) is 12.9. The summed E-state index contributed by atoms with van der Waals surface area (Å²) >= 11 is 0. The molecule has 0 bridgehead atoms. The van der Waals surface area contributed by atoms with Crippen LogP contribution in [0.5, 0.6) is 11.5 Å². The summed E-state index contributed by atoms with van der Waals surface area (Å²) in [5.74, 6) is 1.43. The van der Waals surface area contributed by atoms with Crippen molar-refractivity contribution in [2.75, 3.05) is 0 Å². The average Bonchev–Trinajstić information content (AvgIpc) is 2.88. The summed E-state index contributed by atoms with van der Waals surface area (Å²) in [5.41, 5.74) is 3.11. The van der Waals surface area contributed by atoms with Crippen LogP contribution in [0.1, 0.15) is 11.1 Å². The van der Waals surface area contributed by atoms with Crippen molar-refractivity contribution in [3.05, 3.63) is 131 Å². The van der Waals surface area contributed by atoms with Gasteiger partial charge in [0, 0.05) is 11.6 Å². The minimum absolute atomic E-state index is 0.130. The third-order valence-electron chi connectivity index (χ3n) is 5.34. The topological polar surface area (TPSA) is 48.7 Å². The lowest BCUT2D eigenvalue weighted by atomic mass is 10.1. The molecule has 0 atom stereocenters. The number of ether oxygens (including phenoxy) is 2. The molecule has 4 heteroatoms. The third kappa shape index (κ3) is 4.65. The molecule has 0 unspecified atom stereocenters. The lowest BCUT2D eigenvalue weighted by Gasteiger charge is -2.15. The van der Waals surface area contributed by atoms with Gasteiger partial charge in [-0.25, -0.2) is 0 Å². The first-order valence-electron chi connectivity index (χ1n) is 10.8. The Labute approximate surface area is 191 Å². The van der Waals surface area contributed by atoms with Gasteiger partial charge in [-0.3, -0.25) is 4.79 Å². The van der Waals surface area contributed by atoms with E-state index in [4.69, 9.17) is 13.9 Å². The first kappa shape index (κ1) is 20.6. The zero-order chi connectivity index (χ0) is 22.5. The van der Waals surface area contributed by atoms with Crippen molar-refractivity contribution >= 4 is 11.0 Å². The largest absolute Gasteiger partial charge is 0.485 e. The highest BCUT2D eigenvalue weighted by Crippen LogP contribution is 2.37. The minimum atomic E-state index is -0.130. The Morgan fingerprint density at radius 2 is 1.21 bits per heavy atom. The number of hydrogen-bond donors (Lipinski definition) is 0. The van der Waals surface area contributed by atoms with Crippen LogP contribution in [0.15, 0.2) is 118 Å². The number of fused-ring (bicyclic) bond motifs is 1. The summed E-state index contributed by atoms with van der Waals surface area (Å²) in [6.45, 7) is 0.692. The Hall–Kier alpha value is -4.31. The maximum absolute atomic E-state index is 12.9. The maximum atomic E-state index is 12.9. The monoisotopic (exact) mass is 434 g/mol. The van der Waals surface area contributed by atoms with Gasteiger partial charge >= 0.3 is 0 Å². The van der Waals surface area contributed by atoms with Gasteiger partial charge in [-0.15, -0.1) is 0 Å². The fourth-order valence-electron chi connectivity index (χ4n) is 3.64. The lowest BCUT2D eigenvalue weighted by Crippen LogP contribution is -2.05. The number of rotatable bonds is 7. The molecule has 0 fully saturated rings. The third-order valence-corrected chi connectivity index (χ3v) is 5.34. The molecule has 0 saturated heterocycles. The second-order valence-electron chi connectivity index (χ2n) is 7.66. The van der Waals surface area contributed by atoms with Crippen molar-refractivity contribution < 1.29 is 13.9 Å². The maximum Gasteiger partial charge on any atom is 0.205 e. The van der Waals surface area contributed by atoms with E-state index < -0.39 is 0 Å². The van der Waals surface area contributed by atoms with E-state index in [0.29, 0.717) is 41.4 Å². The molecule has 1 aromatic heterocycles. The highest BCUT2D eigenvalue weighted by molar-refractivity contribution is 5.86. The van der Waals surface area contributed by atoms with E-state index in [1.165, 1.54) is 6.07 Å². The van der Waals surface area contributed by atoms with Gasteiger partial charge in [-0.05, 0) is 23.3 Å². The van der Waals surface area contributed by atoms with Crippen molar-refractivity contribution in [2.45, 2.75) is 13.2 Å². The van der Waals surface area contributed by atoms with E-state index in [9.17, 15) is 4.79 Å². The van der Waals surface area contributed by atoms with Crippen LogP contribution < -0.4 is 14.9 Å². The molecule has 0 aliphatic rings. The fourth-order valence-corrected chi connectivity index (χ4v) is 3.64. The molecule has 0 aliphatic carbocycles. The van der Waals surface area contributed by atoms with Gasteiger partial charge in [0.25, 0.3) is 0 Å². The molecule has 0 radical (unpaired) electrons. The summed E-state index contributed by atoms with van der Waals surface area (Å²) < 4.78 is 18.6. The Kier molecular flexibility index (Phi) is 5.89. The standard InChI is InChI=1S/C29H22O4/c30-25-18-27(23-14-8-3-9-15-23)33-28-24(25)16-17-26(31-19-21-10-4-1-5-11-21)29(28)32-20-22-12-6-2-7-13-22/h1-18H,19-20H2. The normalized spacial score (nSPS) is 10.8. The first-order valence-corrected chi connectivity index (χ1v) is 10.8. The van der Waals surface area contributed by atoms with Crippen LogP contribution >= 0.6 is 0 Å². The van der Waals surface area contributed by atoms with Gasteiger partial charge < -0.3 is 13.9 Å². The molecule has 0 saturated carbocycles. The SMILES string of the molecule is O=c1cc(-c2ccccc2)oc2c(OCc3ccccc3)c(OCc3ccccc3)ccc12. The summed E-state index contributed by atoms with van der Waals surface area (Å²) in [7, 11) is 0. The van der Waals surface area contributed by atoms with Crippen molar-refractivity contribution in [1.29, 1.82) is 0 Å². The Balaban J connectivity index is 1.59. The van der Waals surface area contributed by atoms with Crippen LogP contribution in [0.2, 0.25) is 0 Å². The van der Waals surface area contributed by atoms with E-state index in [1.54, 1.807) is 12.1 Å². The zero-order valence-electron chi connectivity index (χ0n) is 17.9. The molecule has 4 aromatic carbocycles.